The highest BCUT2D eigenvalue weighted by atomic mass is 16.3. The minimum atomic E-state index is -0.290. The summed E-state index contributed by atoms with van der Waals surface area (Å²) in [5.41, 5.74) is 0.809. The molecule has 17 heavy (non-hydrogen) atoms. The van der Waals surface area contributed by atoms with Gasteiger partial charge in [-0.05, 0) is 25.5 Å². The van der Waals surface area contributed by atoms with Crippen LogP contribution in [0.1, 0.15) is 13.3 Å². The Morgan fingerprint density at radius 3 is 2.76 bits per heavy atom. The van der Waals surface area contributed by atoms with E-state index < -0.39 is 0 Å². The second kappa shape index (κ2) is 5.29. The largest absolute Gasteiger partial charge is 0.392 e. The molecule has 0 radical (unpaired) electrons. The van der Waals surface area contributed by atoms with E-state index in [0.29, 0.717) is 6.54 Å². The summed E-state index contributed by atoms with van der Waals surface area (Å²) in [6.07, 6.45) is 0.463. The van der Waals surface area contributed by atoms with E-state index in [2.05, 4.69) is 5.32 Å². The van der Waals surface area contributed by atoms with E-state index in [4.69, 9.17) is 0 Å². The monoisotopic (exact) mass is 234 g/mol. The number of benzene rings is 1. The summed E-state index contributed by atoms with van der Waals surface area (Å²) in [6, 6.07) is 9.22. The zero-order valence-corrected chi connectivity index (χ0v) is 9.97. The first kappa shape index (κ1) is 12.1. The molecule has 0 spiro atoms. The molecule has 2 rings (SSSR count). The number of nitrogens with zero attached hydrogens (tertiary/aromatic N) is 1. The van der Waals surface area contributed by atoms with Gasteiger partial charge in [0.15, 0.2) is 0 Å². The van der Waals surface area contributed by atoms with Crippen LogP contribution in [0.3, 0.4) is 0 Å². The fourth-order valence-electron chi connectivity index (χ4n) is 2.05. The molecule has 2 unspecified atom stereocenters. The number of aliphatic hydroxyl groups is 1. The van der Waals surface area contributed by atoms with Gasteiger partial charge in [-0.15, -0.1) is 0 Å². The van der Waals surface area contributed by atoms with Crippen molar-refractivity contribution in [1.29, 1.82) is 0 Å². The molecule has 0 saturated carbocycles. The third kappa shape index (κ3) is 3.05. The van der Waals surface area contributed by atoms with Crippen LogP contribution >= 0.6 is 0 Å². The van der Waals surface area contributed by atoms with Crippen LogP contribution in [0.25, 0.3) is 0 Å². The van der Waals surface area contributed by atoms with Crippen molar-refractivity contribution >= 4 is 11.6 Å². The molecule has 1 aliphatic heterocycles. The molecule has 1 aliphatic rings. The van der Waals surface area contributed by atoms with Crippen LogP contribution in [-0.2, 0) is 4.79 Å². The predicted molar refractivity (Wildman–Crippen MR) is 66.7 cm³/mol. The summed E-state index contributed by atoms with van der Waals surface area (Å²) in [6.45, 7) is 3.24. The number of β-amino-alcohol motifs (C(OH)–C–C–N with tert-alkyl or cyclic N) is 1. The Balaban J connectivity index is 1.92. The van der Waals surface area contributed by atoms with Crippen LogP contribution in [0.15, 0.2) is 30.3 Å². The molecule has 1 amide bonds. The van der Waals surface area contributed by atoms with Gasteiger partial charge in [0.25, 0.3) is 0 Å². The van der Waals surface area contributed by atoms with Crippen molar-refractivity contribution in [2.45, 2.75) is 25.5 Å². The van der Waals surface area contributed by atoms with Gasteiger partial charge in [-0.2, -0.15) is 0 Å². The van der Waals surface area contributed by atoms with Gasteiger partial charge in [0, 0.05) is 18.8 Å². The number of nitrogens with one attached hydrogen (secondary N) is 1. The molecular weight excluding hydrogens is 216 g/mol. The maximum absolute atomic E-state index is 12.0. The zero-order chi connectivity index (χ0) is 12.3. The molecule has 1 aromatic carbocycles. The lowest BCUT2D eigenvalue weighted by molar-refractivity contribution is -0.120. The van der Waals surface area contributed by atoms with Gasteiger partial charge in [-0.3, -0.25) is 9.69 Å². The molecular formula is C13H18N2O2. The van der Waals surface area contributed by atoms with Gasteiger partial charge in [-0.25, -0.2) is 0 Å². The molecule has 1 heterocycles. The highest BCUT2D eigenvalue weighted by Crippen LogP contribution is 2.14. The number of rotatable bonds is 3. The minimum absolute atomic E-state index is 0.0229. The number of anilines is 1. The average Bonchev–Trinajstić information content (AvgIpc) is 2.76. The van der Waals surface area contributed by atoms with E-state index in [1.165, 1.54) is 0 Å². The number of para-hydroxylation sites is 1. The van der Waals surface area contributed by atoms with Gasteiger partial charge in [-0.1, -0.05) is 18.2 Å². The Hall–Kier alpha value is -1.39. The second-order valence-corrected chi connectivity index (χ2v) is 4.47. The fraction of sp³-hybridized carbons (Fsp3) is 0.462. The first-order valence-corrected chi connectivity index (χ1v) is 5.95. The molecule has 1 aromatic rings. The lowest BCUT2D eigenvalue weighted by atomic mass is 10.2. The van der Waals surface area contributed by atoms with E-state index in [9.17, 15) is 9.90 Å². The van der Waals surface area contributed by atoms with E-state index in [1.54, 1.807) is 0 Å². The van der Waals surface area contributed by atoms with Crippen LogP contribution in [0.5, 0.6) is 0 Å². The number of carbonyl (C=O) groups is 1. The van der Waals surface area contributed by atoms with Gasteiger partial charge < -0.3 is 10.4 Å². The third-order valence-electron chi connectivity index (χ3n) is 3.16. The number of amides is 1. The summed E-state index contributed by atoms with van der Waals surface area (Å²) in [7, 11) is 0. The average molecular weight is 234 g/mol. The summed E-state index contributed by atoms with van der Waals surface area (Å²) in [4.78, 5) is 14.0. The van der Waals surface area contributed by atoms with Gasteiger partial charge in [0.2, 0.25) is 5.91 Å². The van der Waals surface area contributed by atoms with Crippen LogP contribution < -0.4 is 5.32 Å². The zero-order valence-electron chi connectivity index (χ0n) is 9.97. The van der Waals surface area contributed by atoms with Crippen molar-refractivity contribution in [2.24, 2.45) is 0 Å². The standard InChI is InChI=1S/C13H18N2O2/c1-10(15-8-7-12(16)9-15)13(17)14-11-5-3-2-4-6-11/h2-6,10,12,16H,7-9H2,1H3,(H,14,17). The molecule has 1 fully saturated rings. The van der Waals surface area contributed by atoms with Gasteiger partial charge in [0.05, 0.1) is 12.1 Å². The topological polar surface area (TPSA) is 52.6 Å². The number of hydrogen-bond donors (Lipinski definition) is 2. The first-order chi connectivity index (χ1) is 8.16. The van der Waals surface area contributed by atoms with E-state index in [0.717, 1.165) is 18.7 Å². The molecule has 4 heteroatoms. The van der Waals surface area contributed by atoms with Gasteiger partial charge in [0.1, 0.15) is 0 Å². The van der Waals surface area contributed by atoms with Crippen molar-refractivity contribution in [3.05, 3.63) is 30.3 Å². The van der Waals surface area contributed by atoms with Crippen LogP contribution in [0.4, 0.5) is 5.69 Å². The number of likely N-dealkylation sites (tertiary alicyclic amines) is 1. The molecule has 2 atom stereocenters. The lowest BCUT2D eigenvalue weighted by Gasteiger charge is -2.22. The van der Waals surface area contributed by atoms with Crippen molar-refractivity contribution in [2.75, 3.05) is 18.4 Å². The SMILES string of the molecule is CC(C(=O)Nc1ccccc1)N1CCC(O)C1. The molecule has 1 saturated heterocycles. The Morgan fingerprint density at radius 1 is 1.47 bits per heavy atom. The lowest BCUT2D eigenvalue weighted by Crippen LogP contribution is -2.41. The summed E-state index contributed by atoms with van der Waals surface area (Å²) >= 11 is 0. The molecule has 0 aromatic heterocycles. The highest BCUT2D eigenvalue weighted by Gasteiger charge is 2.28. The molecule has 2 N–H and O–H groups in total. The number of carbonyl (C=O) groups excluding carboxylic acids is 1. The molecule has 0 bridgehead atoms. The summed E-state index contributed by atoms with van der Waals surface area (Å²) in [5, 5.41) is 12.3. The van der Waals surface area contributed by atoms with E-state index in [-0.39, 0.29) is 18.1 Å². The normalized spacial score (nSPS) is 22.4. The molecule has 0 aliphatic carbocycles. The van der Waals surface area contributed by atoms with E-state index >= 15 is 0 Å². The Labute approximate surface area is 101 Å². The van der Waals surface area contributed by atoms with E-state index in [1.807, 2.05) is 42.2 Å². The minimum Gasteiger partial charge on any atom is -0.392 e. The number of aliphatic hydroxyl groups excluding tert-OH is 1. The van der Waals surface area contributed by atoms with Crippen molar-refractivity contribution in [3.63, 3.8) is 0 Å². The molecule has 4 nitrogen and oxygen atoms in total. The summed E-state index contributed by atoms with van der Waals surface area (Å²) < 4.78 is 0. The Kier molecular flexibility index (Phi) is 3.76. The summed E-state index contributed by atoms with van der Waals surface area (Å²) in [5.74, 6) is -0.0229. The maximum Gasteiger partial charge on any atom is 0.241 e. The fourth-order valence-corrected chi connectivity index (χ4v) is 2.05. The van der Waals surface area contributed by atoms with Crippen LogP contribution in [0.2, 0.25) is 0 Å². The van der Waals surface area contributed by atoms with Crippen molar-refractivity contribution < 1.29 is 9.90 Å². The number of hydrogen-bond acceptors (Lipinski definition) is 3. The van der Waals surface area contributed by atoms with Crippen LogP contribution in [0, 0.1) is 0 Å². The highest BCUT2D eigenvalue weighted by molar-refractivity contribution is 5.94. The third-order valence-corrected chi connectivity index (χ3v) is 3.16. The van der Waals surface area contributed by atoms with Crippen molar-refractivity contribution in [3.8, 4) is 0 Å². The Morgan fingerprint density at radius 2 is 2.18 bits per heavy atom. The predicted octanol–water partition coefficient (Wildman–Crippen LogP) is 1.08. The van der Waals surface area contributed by atoms with Gasteiger partial charge >= 0.3 is 0 Å². The second-order valence-electron chi connectivity index (χ2n) is 4.47. The van der Waals surface area contributed by atoms with Crippen LogP contribution in [-0.4, -0.2) is 41.1 Å². The first-order valence-electron chi connectivity index (χ1n) is 5.95. The molecule has 92 valence electrons. The quantitative estimate of drug-likeness (QED) is 0.823. The maximum atomic E-state index is 12.0. The Bertz CT molecular complexity index is 380. The smallest absolute Gasteiger partial charge is 0.241 e. The van der Waals surface area contributed by atoms with Crippen molar-refractivity contribution in [1.82, 2.24) is 4.90 Å².